The molecule has 0 spiro atoms. The summed E-state index contributed by atoms with van der Waals surface area (Å²) in [6.45, 7) is -0.604. The van der Waals surface area contributed by atoms with Gasteiger partial charge in [0.05, 0.1) is 6.61 Å². The molecule has 1 fully saturated rings. The molecule has 0 aromatic carbocycles. The van der Waals surface area contributed by atoms with E-state index in [4.69, 9.17) is 5.11 Å². The van der Waals surface area contributed by atoms with E-state index in [1.54, 1.807) is 0 Å². The van der Waals surface area contributed by atoms with Crippen molar-refractivity contribution >= 4 is 0 Å². The first kappa shape index (κ1) is 15.5. The molecule has 1 heterocycles. The van der Waals surface area contributed by atoms with E-state index in [1.807, 2.05) is 0 Å². The van der Waals surface area contributed by atoms with Gasteiger partial charge in [-0.15, -0.1) is 0 Å². The smallest absolute Gasteiger partial charge is 0.382 e. The summed E-state index contributed by atoms with van der Waals surface area (Å²) in [5.74, 6) is 0. The maximum atomic E-state index is 11.3. The first-order chi connectivity index (χ1) is 7.09. The number of halogens is 6. The van der Waals surface area contributed by atoms with Crippen LogP contribution < -0.4 is 5.32 Å². The zero-order valence-electron chi connectivity index (χ0n) is 8.19. The number of alkyl halides is 6. The molecule has 2 atom stereocenters. The number of rotatable bonds is 2. The maximum Gasteiger partial charge on any atom is 0.416 e. The summed E-state index contributed by atoms with van der Waals surface area (Å²) < 4.78 is 71.3. The maximum absolute atomic E-state index is 11.3. The van der Waals surface area contributed by atoms with Crippen LogP contribution in [0.15, 0.2) is 0 Å². The zero-order chi connectivity index (χ0) is 13.0. The lowest BCUT2D eigenvalue weighted by atomic mass is 10.3. The lowest BCUT2D eigenvalue weighted by Gasteiger charge is -2.12. The molecule has 2 unspecified atom stereocenters. The molecule has 1 aliphatic heterocycles. The summed E-state index contributed by atoms with van der Waals surface area (Å²) in [5, 5.41) is 10.4. The lowest BCUT2D eigenvalue weighted by Crippen LogP contribution is -2.36. The van der Waals surface area contributed by atoms with E-state index >= 15 is 0 Å². The summed E-state index contributed by atoms with van der Waals surface area (Å²) in [7, 11) is 1.34. The second-order valence-electron chi connectivity index (χ2n) is 2.98. The molecule has 0 radical (unpaired) electrons. The Bertz CT molecular complexity index is 200. The number of ether oxygens (including phenoxy) is 1. The molecular formula is C7H11F6NO2. The topological polar surface area (TPSA) is 44.8 Å². The van der Waals surface area contributed by atoms with Crippen LogP contribution in [0.25, 0.3) is 0 Å². The van der Waals surface area contributed by atoms with Crippen LogP contribution in [0, 0.1) is 0 Å². The molecule has 0 aromatic rings. The fourth-order valence-electron chi connectivity index (χ4n) is 0.546. The van der Waals surface area contributed by atoms with Crippen LogP contribution in [-0.4, -0.2) is 49.9 Å². The van der Waals surface area contributed by atoms with E-state index in [9.17, 15) is 26.3 Å². The van der Waals surface area contributed by atoms with E-state index in [0.29, 0.717) is 0 Å². The number of nitrogens with one attached hydrogen (secondary N) is 1. The van der Waals surface area contributed by atoms with Gasteiger partial charge >= 0.3 is 12.4 Å². The molecule has 98 valence electrons. The third-order valence-electron chi connectivity index (χ3n) is 1.47. The van der Waals surface area contributed by atoms with Gasteiger partial charge in [0.2, 0.25) is 0 Å². The normalized spacial score (nSPS) is 22.1. The first-order valence-corrected chi connectivity index (χ1v) is 4.16. The van der Waals surface area contributed by atoms with Crippen molar-refractivity contribution in [1.29, 1.82) is 0 Å². The predicted octanol–water partition coefficient (Wildman–Crippen LogP) is 1.08. The Hall–Kier alpha value is -0.540. The highest BCUT2D eigenvalue weighted by Crippen LogP contribution is 2.30. The summed E-state index contributed by atoms with van der Waals surface area (Å²) in [6.07, 6.45) is -12.3. The Balaban J connectivity index is 0.000000288. The first-order valence-electron chi connectivity index (χ1n) is 4.16. The van der Waals surface area contributed by atoms with Gasteiger partial charge in [-0.05, 0) is 7.05 Å². The minimum absolute atomic E-state index is 0.149. The summed E-state index contributed by atoms with van der Waals surface area (Å²) >= 11 is 0. The van der Waals surface area contributed by atoms with Crippen molar-refractivity contribution in [3.05, 3.63) is 0 Å². The van der Waals surface area contributed by atoms with Gasteiger partial charge in [0.25, 0.3) is 0 Å². The fourth-order valence-corrected chi connectivity index (χ4v) is 0.546. The van der Waals surface area contributed by atoms with Crippen molar-refractivity contribution in [2.45, 2.75) is 24.6 Å². The minimum atomic E-state index is -4.50. The van der Waals surface area contributed by atoms with Gasteiger partial charge < -0.3 is 15.2 Å². The van der Waals surface area contributed by atoms with Crippen molar-refractivity contribution in [2.75, 3.05) is 20.2 Å². The number of hydrogen-bond donors (Lipinski definition) is 2. The van der Waals surface area contributed by atoms with Crippen LogP contribution in [0.3, 0.4) is 0 Å². The quantitative estimate of drug-likeness (QED) is 0.573. The average molecular weight is 255 g/mol. The molecule has 2 N–H and O–H groups in total. The van der Waals surface area contributed by atoms with Gasteiger partial charge in [-0.3, -0.25) is 0 Å². The summed E-state index contributed by atoms with van der Waals surface area (Å²) in [4.78, 5) is 0. The number of aliphatic hydroxyl groups excluding tert-OH is 1. The SMILES string of the molecule is CNCC(O)C(F)(F)F.FC(F)(F)C1CO1. The number of likely N-dealkylation sites (N-methyl/N-ethyl adjacent to an activating group) is 1. The lowest BCUT2D eigenvalue weighted by molar-refractivity contribution is -0.201. The number of epoxide rings is 1. The monoisotopic (exact) mass is 255 g/mol. The summed E-state index contributed by atoms with van der Waals surface area (Å²) in [5.41, 5.74) is 0. The van der Waals surface area contributed by atoms with Gasteiger partial charge in [-0.1, -0.05) is 0 Å². The third-order valence-corrected chi connectivity index (χ3v) is 1.47. The Morgan fingerprint density at radius 1 is 1.31 bits per heavy atom. The van der Waals surface area contributed by atoms with Crippen molar-refractivity contribution in [3.8, 4) is 0 Å². The molecular weight excluding hydrogens is 244 g/mol. The van der Waals surface area contributed by atoms with Gasteiger partial charge in [-0.2, -0.15) is 26.3 Å². The Kier molecular flexibility index (Phi) is 5.50. The molecule has 1 rings (SSSR count). The fraction of sp³-hybridized carbons (Fsp3) is 1.00. The molecule has 16 heavy (non-hydrogen) atoms. The van der Waals surface area contributed by atoms with Crippen molar-refractivity contribution < 1.29 is 36.2 Å². The van der Waals surface area contributed by atoms with Crippen molar-refractivity contribution in [3.63, 3.8) is 0 Å². The molecule has 1 aliphatic rings. The molecule has 0 aromatic heterocycles. The standard InChI is InChI=1S/C4H8F3NO.C3H3F3O/c1-8-2-3(9)4(5,6)7;4-3(5,6)2-1-7-2/h3,8-9H,2H2,1H3;2H,1H2. The van der Waals surface area contributed by atoms with Crippen LogP contribution in [0.5, 0.6) is 0 Å². The Morgan fingerprint density at radius 3 is 1.81 bits per heavy atom. The van der Waals surface area contributed by atoms with Gasteiger partial charge in [0, 0.05) is 6.54 Å². The van der Waals surface area contributed by atoms with Crippen molar-refractivity contribution in [1.82, 2.24) is 5.32 Å². The Morgan fingerprint density at radius 2 is 1.75 bits per heavy atom. The highest BCUT2D eigenvalue weighted by molar-refractivity contribution is 4.76. The van der Waals surface area contributed by atoms with E-state index < -0.39 is 31.1 Å². The minimum Gasteiger partial charge on any atom is -0.382 e. The van der Waals surface area contributed by atoms with Gasteiger partial charge in [0.1, 0.15) is 0 Å². The Labute approximate surface area is 87.4 Å². The van der Waals surface area contributed by atoms with E-state index in [2.05, 4.69) is 10.1 Å². The van der Waals surface area contributed by atoms with Crippen molar-refractivity contribution in [2.24, 2.45) is 0 Å². The zero-order valence-corrected chi connectivity index (χ0v) is 8.19. The van der Waals surface area contributed by atoms with Crippen LogP contribution >= 0.6 is 0 Å². The second-order valence-corrected chi connectivity index (χ2v) is 2.98. The van der Waals surface area contributed by atoms with E-state index in [1.165, 1.54) is 7.05 Å². The predicted molar refractivity (Wildman–Crippen MR) is 41.8 cm³/mol. The number of hydrogen-bond acceptors (Lipinski definition) is 3. The van der Waals surface area contributed by atoms with Gasteiger partial charge in [0.15, 0.2) is 12.2 Å². The molecule has 9 heteroatoms. The van der Waals surface area contributed by atoms with E-state index in [0.717, 1.165) is 0 Å². The molecule has 1 saturated heterocycles. The molecule has 0 aliphatic carbocycles. The molecule has 3 nitrogen and oxygen atoms in total. The molecule has 0 amide bonds. The van der Waals surface area contributed by atoms with Gasteiger partial charge in [-0.25, -0.2) is 0 Å². The third kappa shape index (κ3) is 6.85. The van der Waals surface area contributed by atoms with Crippen LogP contribution in [-0.2, 0) is 4.74 Å². The largest absolute Gasteiger partial charge is 0.416 e. The summed E-state index contributed by atoms with van der Waals surface area (Å²) in [6, 6.07) is 0. The van der Waals surface area contributed by atoms with Crippen LogP contribution in [0.4, 0.5) is 26.3 Å². The highest BCUT2D eigenvalue weighted by atomic mass is 19.4. The second kappa shape index (κ2) is 5.69. The molecule has 0 saturated carbocycles. The number of aliphatic hydroxyl groups is 1. The van der Waals surface area contributed by atoms with E-state index in [-0.39, 0.29) is 6.61 Å². The van der Waals surface area contributed by atoms with Crippen LogP contribution in [0.1, 0.15) is 0 Å². The average Bonchev–Trinajstić information content (AvgIpc) is 2.83. The van der Waals surface area contributed by atoms with Crippen LogP contribution in [0.2, 0.25) is 0 Å². The molecule has 0 bridgehead atoms. The highest BCUT2D eigenvalue weighted by Gasteiger charge is 2.49.